The normalized spacial score (nSPS) is 48.0. The fourth-order valence-corrected chi connectivity index (χ4v) is 3.62. The van der Waals surface area contributed by atoms with Crippen LogP contribution in [0.1, 0.15) is 53.4 Å². The summed E-state index contributed by atoms with van der Waals surface area (Å²) in [6, 6.07) is 0. The molecule has 2 aliphatic carbocycles. The van der Waals surface area contributed by atoms with Crippen LogP contribution in [0.4, 0.5) is 0 Å². The maximum Gasteiger partial charge on any atom is -0.0212 e. The first kappa shape index (κ1) is 8.59. The van der Waals surface area contributed by atoms with E-state index in [0.29, 0.717) is 5.41 Å². The maximum absolute atomic E-state index is 2.52. The van der Waals surface area contributed by atoms with Crippen LogP contribution in [0.5, 0.6) is 0 Å². The van der Waals surface area contributed by atoms with Crippen LogP contribution in [0, 0.1) is 22.7 Å². The van der Waals surface area contributed by atoms with Crippen molar-refractivity contribution < 1.29 is 0 Å². The van der Waals surface area contributed by atoms with E-state index < -0.39 is 0 Å². The molecule has 2 rings (SSSR count). The molecule has 3 atom stereocenters. The van der Waals surface area contributed by atoms with Crippen LogP contribution >= 0.6 is 0 Å². The Morgan fingerprint density at radius 3 is 2.25 bits per heavy atom. The first-order valence-electron chi connectivity index (χ1n) is 5.54. The molecular formula is C12H22. The zero-order chi connectivity index (χ0) is 8.98. The van der Waals surface area contributed by atoms with Crippen LogP contribution < -0.4 is 0 Å². The molecule has 0 aromatic carbocycles. The van der Waals surface area contributed by atoms with Crippen LogP contribution in [0.15, 0.2) is 0 Å². The summed E-state index contributed by atoms with van der Waals surface area (Å²) in [5.41, 5.74) is 1.41. The molecule has 2 aliphatic rings. The molecule has 0 N–H and O–H groups in total. The topological polar surface area (TPSA) is 0 Å². The summed E-state index contributed by atoms with van der Waals surface area (Å²) >= 11 is 0. The molecule has 0 bridgehead atoms. The molecule has 0 amide bonds. The zero-order valence-corrected chi connectivity index (χ0v) is 8.98. The highest BCUT2D eigenvalue weighted by Gasteiger charge is 2.75. The number of hydrogen-bond donors (Lipinski definition) is 0. The summed E-state index contributed by atoms with van der Waals surface area (Å²) in [5.74, 6) is 2.20. The molecule has 12 heavy (non-hydrogen) atoms. The van der Waals surface area contributed by atoms with Gasteiger partial charge in [0.1, 0.15) is 0 Å². The number of hydrogen-bond acceptors (Lipinski definition) is 0. The molecule has 2 fully saturated rings. The van der Waals surface area contributed by atoms with E-state index in [1.54, 1.807) is 0 Å². The van der Waals surface area contributed by atoms with E-state index in [4.69, 9.17) is 0 Å². The molecule has 0 heteroatoms. The van der Waals surface area contributed by atoms with E-state index >= 15 is 0 Å². The number of fused-ring (bicyclic) bond motifs is 1. The molecule has 0 nitrogen and oxygen atoms in total. The van der Waals surface area contributed by atoms with E-state index in [1.807, 2.05) is 0 Å². The maximum atomic E-state index is 2.52. The van der Waals surface area contributed by atoms with E-state index in [-0.39, 0.29) is 0 Å². The van der Waals surface area contributed by atoms with Gasteiger partial charge in [-0.2, -0.15) is 0 Å². The van der Waals surface area contributed by atoms with Crippen molar-refractivity contribution in [2.45, 2.75) is 53.4 Å². The van der Waals surface area contributed by atoms with Gasteiger partial charge in [-0.3, -0.25) is 0 Å². The molecule has 0 aliphatic heterocycles. The summed E-state index contributed by atoms with van der Waals surface area (Å²) in [6.07, 6.45) is 5.82. The molecule has 0 aromatic rings. The second-order valence-corrected chi connectivity index (χ2v) is 5.73. The Kier molecular flexibility index (Phi) is 1.63. The fourth-order valence-electron chi connectivity index (χ4n) is 3.62. The smallest absolute Gasteiger partial charge is 0.0212 e. The Bertz CT molecular complexity index is 192. The molecule has 2 saturated carbocycles. The van der Waals surface area contributed by atoms with Crippen molar-refractivity contribution in [2.24, 2.45) is 22.7 Å². The van der Waals surface area contributed by atoms with Gasteiger partial charge < -0.3 is 0 Å². The Morgan fingerprint density at radius 1 is 1.25 bits per heavy atom. The van der Waals surface area contributed by atoms with Gasteiger partial charge >= 0.3 is 0 Å². The van der Waals surface area contributed by atoms with Crippen LogP contribution in [0.3, 0.4) is 0 Å². The van der Waals surface area contributed by atoms with Crippen LogP contribution in [-0.2, 0) is 0 Å². The molecule has 70 valence electrons. The average molecular weight is 166 g/mol. The van der Waals surface area contributed by atoms with Gasteiger partial charge in [0.15, 0.2) is 0 Å². The highest BCUT2D eigenvalue weighted by Crippen LogP contribution is 2.81. The lowest BCUT2D eigenvalue weighted by molar-refractivity contribution is 0.0686. The van der Waals surface area contributed by atoms with Crippen LogP contribution in [-0.4, -0.2) is 0 Å². The molecule has 0 radical (unpaired) electrons. The van der Waals surface area contributed by atoms with Crippen molar-refractivity contribution in [2.75, 3.05) is 0 Å². The molecule has 0 saturated heterocycles. The van der Waals surface area contributed by atoms with Crippen molar-refractivity contribution in [1.82, 2.24) is 0 Å². The van der Waals surface area contributed by atoms with Crippen molar-refractivity contribution in [3.63, 3.8) is 0 Å². The van der Waals surface area contributed by atoms with Crippen molar-refractivity contribution in [3.05, 3.63) is 0 Å². The highest BCUT2D eigenvalue weighted by atomic mass is 14.8. The Morgan fingerprint density at radius 2 is 1.92 bits per heavy atom. The van der Waals surface area contributed by atoms with E-state index in [1.165, 1.54) is 25.7 Å². The monoisotopic (exact) mass is 166 g/mol. The summed E-state index contributed by atoms with van der Waals surface area (Å²) < 4.78 is 0. The van der Waals surface area contributed by atoms with Gasteiger partial charge in [-0.1, -0.05) is 40.5 Å². The van der Waals surface area contributed by atoms with E-state index in [2.05, 4.69) is 27.7 Å². The Labute approximate surface area is 76.7 Å². The SMILES string of the molecule is CCCCC1C2CC(C)(C)C12C. The predicted octanol–water partition coefficient (Wildman–Crippen LogP) is 3.86. The molecule has 0 aromatic heterocycles. The van der Waals surface area contributed by atoms with Gasteiger partial charge in [0, 0.05) is 0 Å². The molecule has 0 heterocycles. The van der Waals surface area contributed by atoms with Crippen molar-refractivity contribution in [3.8, 4) is 0 Å². The summed E-state index contributed by atoms with van der Waals surface area (Å²) in [4.78, 5) is 0. The lowest BCUT2D eigenvalue weighted by atomic mass is 9.63. The van der Waals surface area contributed by atoms with Gasteiger partial charge in [0.05, 0.1) is 0 Å². The Hall–Kier alpha value is 0. The molecule has 3 unspecified atom stereocenters. The van der Waals surface area contributed by atoms with Crippen molar-refractivity contribution >= 4 is 0 Å². The first-order chi connectivity index (χ1) is 5.54. The number of rotatable bonds is 3. The summed E-state index contributed by atoms with van der Waals surface area (Å²) in [6.45, 7) is 9.73. The van der Waals surface area contributed by atoms with Crippen LogP contribution in [0.2, 0.25) is 0 Å². The lowest BCUT2D eigenvalue weighted by Gasteiger charge is -2.42. The van der Waals surface area contributed by atoms with Gasteiger partial charge in [0.25, 0.3) is 0 Å². The van der Waals surface area contributed by atoms with Crippen LogP contribution in [0.25, 0.3) is 0 Å². The van der Waals surface area contributed by atoms with Gasteiger partial charge in [-0.15, -0.1) is 0 Å². The third kappa shape index (κ3) is 0.791. The third-order valence-electron chi connectivity index (χ3n) is 4.97. The highest BCUT2D eigenvalue weighted by molar-refractivity contribution is 5.23. The second kappa shape index (κ2) is 2.27. The van der Waals surface area contributed by atoms with Gasteiger partial charge in [-0.05, 0) is 35.5 Å². The summed E-state index contributed by atoms with van der Waals surface area (Å²) in [5, 5.41) is 0. The Balaban J connectivity index is 1.92. The fraction of sp³-hybridized carbons (Fsp3) is 1.00. The number of unbranched alkanes of at least 4 members (excludes halogenated alkanes) is 1. The average Bonchev–Trinajstić information content (AvgIpc) is 2.50. The first-order valence-corrected chi connectivity index (χ1v) is 5.54. The molecular weight excluding hydrogens is 144 g/mol. The zero-order valence-electron chi connectivity index (χ0n) is 8.98. The minimum Gasteiger partial charge on any atom is -0.0654 e. The minimum absolute atomic E-state index is 0.663. The van der Waals surface area contributed by atoms with Crippen molar-refractivity contribution in [1.29, 1.82) is 0 Å². The van der Waals surface area contributed by atoms with E-state index in [9.17, 15) is 0 Å². The summed E-state index contributed by atoms with van der Waals surface area (Å²) in [7, 11) is 0. The minimum atomic E-state index is 0.663. The predicted molar refractivity (Wildman–Crippen MR) is 53.0 cm³/mol. The molecule has 0 spiro atoms. The van der Waals surface area contributed by atoms with E-state index in [0.717, 1.165) is 17.3 Å². The lowest BCUT2D eigenvalue weighted by Crippen LogP contribution is -2.34. The second-order valence-electron chi connectivity index (χ2n) is 5.73. The largest absolute Gasteiger partial charge is 0.0654 e. The third-order valence-corrected chi connectivity index (χ3v) is 4.97. The van der Waals surface area contributed by atoms with Gasteiger partial charge in [-0.25, -0.2) is 0 Å². The quantitative estimate of drug-likeness (QED) is 0.597. The van der Waals surface area contributed by atoms with Gasteiger partial charge in [0.2, 0.25) is 0 Å². The standard InChI is InChI=1S/C12H22/c1-5-6-7-9-10-8-11(2,3)12(9,10)4/h9-10H,5-8H2,1-4H3.